The quantitative estimate of drug-likeness (QED) is 0.789. The minimum atomic E-state index is 0.0320. The summed E-state index contributed by atoms with van der Waals surface area (Å²) in [6, 6.07) is 7.78. The molecule has 0 radical (unpaired) electrons. The first-order chi connectivity index (χ1) is 12.7. The lowest BCUT2D eigenvalue weighted by molar-refractivity contribution is -0.122. The van der Waals surface area contributed by atoms with Crippen molar-refractivity contribution in [3.63, 3.8) is 0 Å². The second-order valence-corrected chi connectivity index (χ2v) is 6.61. The van der Waals surface area contributed by atoms with E-state index in [1.165, 1.54) is 0 Å². The molecule has 1 fully saturated rings. The van der Waals surface area contributed by atoms with Crippen LogP contribution in [-0.2, 0) is 11.2 Å². The van der Waals surface area contributed by atoms with Crippen molar-refractivity contribution in [3.05, 3.63) is 30.2 Å². The number of carbonyl (C=O) groups excluding carboxylic acids is 1. The minimum Gasteiger partial charge on any atom is -0.494 e. The number of nitrogens with one attached hydrogen (secondary N) is 2. The Labute approximate surface area is 153 Å². The summed E-state index contributed by atoms with van der Waals surface area (Å²) in [6.07, 6.45) is 1.76. The molecule has 1 aromatic carbocycles. The monoisotopic (exact) mass is 358 g/mol. The highest BCUT2D eigenvalue weighted by Gasteiger charge is 2.22. The smallest absolute Gasteiger partial charge is 0.227 e. The van der Waals surface area contributed by atoms with E-state index in [0.717, 1.165) is 30.8 Å². The molecule has 140 valence electrons. The van der Waals surface area contributed by atoms with E-state index in [0.29, 0.717) is 37.1 Å². The van der Waals surface area contributed by atoms with Crippen molar-refractivity contribution in [1.29, 1.82) is 0 Å². The van der Waals surface area contributed by atoms with E-state index in [1.807, 2.05) is 31.2 Å². The Balaban J connectivity index is 1.51. The zero-order chi connectivity index (χ0) is 18.4. The molecule has 1 amide bonds. The molecule has 0 spiro atoms. The Kier molecular flexibility index (Phi) is 6.22. The van der Waals surface area contributed by atoms with Crippen LogP contribution in [0.5, 0.6) is 5.75 Å². The summed E-state index contributed by atoms with van der Waals surface area (Å²) < 4.78 is 10.7. The van der Waals surface area contributed by atoms with Gasteiger partial charge in [0.05, 0.1) is 6.61 Å². The van der Waals surface area contributed by atoms with Crippen LogP contribution in [0.1, 0.15) is 32.6 Å². The van der Waals surface area contributed by atoms with Crippen molar-refractivity contribution in [2.45, 2.75) is 39.2 Å². The molecule has 2 N–H and O–H groups in total. The summed E-state index contributed by atoms with van der Waals surface area (Å²) in [6.45, 7) is 6.62. The van der Waals surface area contributed by atoms with E-state index in [4.69, 9.17) is 9.26 Å². The topological polar surface area (TPSA) is 89.3 Å². The van der Waals surface area contributed by atoms with Gasteiger partial charge in [-0.25, -0.2) is 0 Å². The Morgan fingerprint density at radius 1 is 1.38 bits per heavy atom. The van der Waals surface area contributed by atoms with Gasteiger partial charge in [0, 0.05) is 24.4 Å². The van der Waals surface area contributed by atoms with Crippen molar-refractivity contribution in [3.8, 4) is 17.1 Å². The molecule has 2 unspecified atom stereocenters. The number of amides is 1. The maximum atomic E-state index is 12.2. The highest BCUT2D eigenvalue weighted by molar-refractivity contribution is 5.76. The van der Waals surface area contributed by atoms with Crippen LogP contribution in [0.15, 0.2) is 28.8 Å². The molecule has 7 nitrogen and oxygen atoms in total. The molecule has 0 saturated carbocycles. The average molecular weight is 358 g/mol. The number of ether oxygens (including phenoxy) is 1. The second-order valence-electron chi connectivity index (χ2n) is 6.61. The molecule has 1 aliphatic heterocycles. The van der Waals surface area contributed by atoms with Gasteiger partial charge in [-0.05, 0) is 56.6 Å². The lowest BCUT2D eigenvalue weighted by Crippen LogP contribution is -2.48. The van der Waals surface area contributed by atoms with Crippen molar-refractivity contribution in [2.24, 2.45) is 5.92 Å². The van der Waals surface area contributed by atoms with Crippen LogP contribution >= 0.6 is 0 Å². The van der Waals surface area contributed by atoms with Crippen LogP contribution in [0.3, 0.4) is 0 Å². The van der Waals surface area contributed by atoms with Crippen molar-refractivity contribution < 1.29 is 14.1 Å². The summed E-state index contributed by atoms with van der Waals surface area (Å²) in [5, 5.41) is 10.4. The molecule has 0 bridgehead atoms. The largest absolute Gasteiger partial charge is 0.494 e. The first kappa shape index (κ1) is 18.4. The van der Waals surface area contributed by atoms with Crippen molar-refractivity contribution in [1.82, 2.24) is 20.8 Å². The number of carbonyl (C=O) groups is 1. The predicted molar refractivity (Wildman–Crippen MR) is 97.8 cm³/mol. The zero-order valence-electron chi connectivity index (χ0n) is 15.3. The van der Waals surface area contributed by atoms with Gasteiger partial charge in [-0.1, -0.05) is 12.1 Å². The summed E-state index contributed by atoms with van der Waals surface area (Å²) in [7, 11) is 0. The van der Waals surface area contributed by atoms with Gasteiger partial charge in [0.1, 0.15) is 5.75 Å². The molecule has 7 heteroatoms. The Hall–Kier alpha value is -2.41. The van der Waals surface area contributed by atoms with Gasteiger partial charge in [-0.2, -0.15) is 4.98 Å². The van der Waals surface area contributed by atoms with Crippen molar-refractivity contribution >= 4 is 5.91 Å². The number of nitrogens with zero attached hydrogens (tertiary/aromatic N) is 2. The third-order valence-electron chi connectivity index (χ3n) is 4.59. The first-order valence-electron chi connectivity index (χ1n) is 9.21. The van der Waals surface area contributed by atoms with Crippen LogP contribution in [0, 0.1) is 5.92 Å². The van der Waals surface area contributed by atoms with Gasteiger partial charge in [-0.3, -0.25) is 4.79 Å². The average Bonchev–Trinajstić information content (AvgIpc) is 3.12. The van der Waals surface area contributed by atoms with Gasteiger partial charge in [0.25, 0.3) is 0 Å². The van der Waals surface area contributed by atoms with Crippen LogP contribution in [0.25, 0.3) is 11.4 Å². The highest BCUT2D eigenvalue weighted by atomic mass is 16.5. The van der Waals surface area contributed by atoms with Gasteiger partial charge in [-0.15, -0.1) is 0 Å². The van der Waals surface area contributed by atoms with E-state index < -0.39 is 0 Å². The molecular formula is C19H26N4O3. The summed E-state index contributed by atoms with van der Waals surface area (Å²) in [5.41, 5.74) is 0.858. The fourth-order valence-electron chi connectivity index (χ4n) is 3.07. The Morgan fingerprint density at radius 2 is 2.19 bits per heavy atom. The van der Waals surface area contributed by atoms with E-state index in [-0.39, 0.29) is 11.9 Å². The van der Waals surface area contributed by atoms with E-state index in [1.54, 1.807) is 0 Å². The summed E-state index contributed by atoms with van der Waals surface area (Å²) in [4.78, 5) is 16.6. The first-order valence-corrected chi connectivity index (χ1v) is 9.21. The van der Waals surface area contributed by atoms with E-state index in [9.17, 15) is 4.79 Å². The number of rotatable bonds is 7. The standard InChI is InChI=1S/C19H26N4O3/c1-3-25-15-6-4-14(5-7-15)19-22-18(26-23-19)9-8-17(24)21-16-10-11-20-12-13(16)2/h4-7,13,16,20H,3,8-12H2,1-2H3,(H,21,24). The molecule has 1 aliphatic rings. The molecule has 2 heterocycles. The number of aromatic nitrogens is 2. The van der Waals surface area contributed by atoms with Crippen LogP contribution < -0.4 is 15.4 Å². The Bertz CT molecular complexity index is 714. The van der Waals surface area contributed by atoms with Gasteiger partial charge >= 0.3 is 0 Å². The molecule has 3 rings (SSSR count). The van der Waals surface area contributed by atoms with Gasteiger partial charge in [0.2, 0.25) is 17.6 Å². The molecular weight excluding hydrogens is 332 g/mol. The SMILES string of the molecule is CCOc1ccc(-c2noc(CCC(=O)NC3CCNCC3C)n2)cc1. The summed E-state index contributed by atoms with van der Waals surface area (Å²) >= 11 is 0. The maximum absolute atomic E-state index is 12.2. The third-order valence-corrected chi connectivity index (χ3v) is 4.59. The summed E-state index contributed by atoms with van der Waals surface area (Å²) in [5.74, 6) is 2.29. The molecule has 2 aromatic rings. The van der Waals surface area contributed by atoms with Crippen LogP contribution in [0.2, 0.25) is 0 Å². The second kappa shape index (κ2) is 8.80. The lowest BCUT2D eigenvalue weighted by atomic mass is 9.95. The zero-order valence-corrected chi connectivity index (χ0v) is 15.3. The molecule has 1 saturated heterocycles. The fraction of sp³-hybridized carbons (Fsp3) is 0.526. The number of benzene rings is 1. The highest BCUT2D eigenvalue weighted by Crippen LogP contribution is 2.20. The molecule has 0 aliphatic carbocycles. The maximum Gasteiger partial charge on any atom is 0.227 e. The lowest BCUT2D eigenvalue weighted by Gasteiger charge is -2.30. The van der Waals surface area contributed by atoms with Crippen LogP contribution in [0.4, 0.5) is 0 Å². The molecule has 26 heavy (non-hydrogen) atoms. The number of hydrogen-bond acceptors (Lipinski definition) is 6. The fourth-order valence-corrected chi connectivity index (χ4v) is 3.07. The Morgan fingerprint density at radius 3 is 2.92 bits per heavy atom. The van der Waals surface area contributed by atoms with Crippen molar-refractivity contribution in [2.75, 3.05) is 19.7 Å². The normalized spacial score (nSPS) is 19.9. The number of aryl methyl sites for hydroxylation is 1. The number of hydrogen-bond donors (Lipinski definition) is 2. The predicted octanol–water partition coefficient (Wildman–Crippen LogP) is 2.18. The van der Waals surface area contributed by atoms with Crippen LogP contribution in [-0.4, -0.2) is 41.8 Å². The van der Waals surface area contributed by atoms with Gasteiger partial charge in [0.15, 0.2) is 0 Å². The molecule has 1 aromatic heterocycles. The van der Waals surface area contributed by atoms with E-state index in [2.05, 4.69) is 27.7 Å². The van der Waals surface area contributed by atoms with Gasteiger partial charge < -0.3 is 19.9 Å². The minimum absolute atomic E-state index is 0.0320. The molecule has 2 atom stereocenters. The third kappa shape index (κ3) is 4.82. The number of piperidine rings is 1. The van der Waals surface area contributed by atoms with E-state index >= 15 is 0 Å².